The van der Waals surface area contributed by atoms with E-state index in [1.807, 2.05) is 23.6 Å². The third kappa shape index (κ3) is 2.81. The summed E-state index contributed by atoms with van der Waals surface area (Å²) < 4.78 is 10.5. The number of nitrogens with one attached hydrogen (secondary N) is 1. The molecule has 1 aliphatic heterocycles. The molecule has 0 unspecified atom stereocenters. The van der Waals surface area contributed by atoms with E-state index in [-0.39, 0.29) is 12.7 Å². The van der Waals surface area contributed by atoms with Gasteiger partial charge in [-0.05, 0) is 24.3 Å². The highest BCUT2D eigenvalue weighted by atomic mass is 35.5. The molecule has 3 aromatic rings. The van der Waals surface area contributed by atoms with Gasteiger partial charge in [0.2, 0.25) is 6.79 Å². The number of amides is 1. The van der Waals surface area contributed by atoms with Gasteiger partial charge in [0.25, 0.3) is 5.91 Å². The minimum atomic E-state index is -0.256. The van der Waals surface area contributed by atoms with E-state index in [4.69, 9.17) is 21.1 Å². The third-order valence-corrected chi connectivity index (χ3v) is 4.60. The number of carbonyl (C=O) groups is 1. The lowest BCUT2D eigenvalue weighted by Gasteiger charge is -2.03. The van der Waals surface area contributed by atoms with Crippen molar-refractivity contribution >= 4 is 34.0 Å². The van der Waals surface area contributed by atoms with Crippen LogP contribution in [-0.4, -0.2) is 17.7 Å². The molecule has 0 aliphatic carbocycles. The average Bonchev–Trinajstić information content (AvgIpc) is 3.23. The molecule has 120 valence electrons. The maximum atomic E-state index is 12.4. The van der Waals surface area contributed by atoms with Crippen molar-refractivity contribution in [2.45, 2.75) is 0 Å². The second-order valence-corrected chi connectivity index (χ2v) is 6.31. The predicted molar refractivity (Wildman–Crippen MR) is 93.1 cm³/mol. The Morgan fingerprint density at radius 1 is 1.17 bits per heavy atom. The Balaban J connectivity index is 1.54. The van der Waals surface area contributed by atoms with Crippen molar-refractivity contribution in [3.05, 3.63) is 58.4 Å². The predicted octanol–water partition coefficient (Wildman–Crippen LogP) is 4.44. The molecule has 0 fully saturated rings. The first-order valence-electron chi connectivity index (χ1n) is 7.12. The number of nitrogens with zero attached hydrogens (tertiary/aromatic N) is 1. The lowest BCUT2D eigenvalue weighted by atomic mass is 10.2. The van der Waals surface area contributed by atoms with E-state index in [9.17, 15) is 4.79 Å². The van der Waals surface area contributed by atoms with Gasteiger partial charge in [-0.25, -0.2) is 4.98 Å². The molecule has 2 heterocycles. The van der Waals surface area contributed by atoms with Crippen molar-refractivity contribution in [2.75, 3.05) is 12.1 Å². The van der Waals surface area contributed by atoms with Gasteiger partial charge in [0.15, 0.2) is 16.6 Å². The Morgan fingerprint density at radius 2 is 2.00 bits per heavy atom. The summed E-state index contributed by atoms with van der Waals surface area (Å²) in [6.45, 7) is 0.175. The molecule has 1 aromatic heterocycles. The molecule has 1 aliphatic rings. The summed E-state index contributed by atoms with van der Waals surface area (Å²) in [5.74, 6) is 0.953. The molecule has 0 saturated heterocycles. The normalized spacial score (nSPS) is 12.2. The number of fused-ring (bicyclic) bond motifs is 1. The monoisotopic (exact) mass is 358 g/mol. The molecule has 1 N–H and O–H groups in total. The fraction of sp³-hybridized carbons (Fsp3) is 0.0588. The molecule has 0 spiro atoms. The molecule has 4 rings (SSSR count). The van der Waals surface area contributed by atoms with Crippen molar-refractivity contribution in [1.29, 1.82) is 0 Å². The highest BCUT2D eigenvalue weighted by Crippen LogP contribution is 2.33. The van der Waals surface area contributed by atoms with Gasteiger partial charge < -0.3 is 9.47 Å². The van der Waals surface area contributed by atoms with Crippen molar-refractivity contribution in [1.82, 2.24) is 4.98 Å². The van der Waals surface area contributed by atoms with Crippen LogP contribution in [0, 0.1) is 0 Å². The Hall–Kier alpha value is -2.57. The fourth-order valence-electron chi connectivity index (χ4n) is 2.33. The Kier molecular flexibility index (Phi) is 3.84. The Bertz CT molecular complexity index is 926. The second-order valence-electron chi connectivity index (χ2n) is 5.04. The molecule has 5 nitrogen and oxygen atoms in total. The fourth-order valence-corrected chi connectivity index (χ4v) is 3.27. The van der Waals surface area contributed by atoms with Crippen LogP contribution in [0.3, 0.4) is 0 Å². The third-order valence-electron chi connectivity index (χ3n) is 3.51. The molecule has 2 aromatic carbocycles. The standard InChI is InChI=1S/C17H11ClN2O3S/c18-12-4-2-1-3-11(12)13-8-24-17(19-13)20-16(21)10-5-6-14-15(7-10)23-9-22-14/h1-8H,9H2,(H,19,20,21). The molecular weight excluding hydrogens is 348 g/mol. The zero-order chi connectivity index (χ0) is 16.5. The van der Waals surface area contributed by atoms with Crippen molar-refractivity contribution < 1.29 is 14.3 Å². The van der Waals surface area contributed by atoms with Gasteiger partial charge in [-0.15, -0.1) is 11.3 Å². The summed E-state index contributed by atoms with van der Waals surface area (Å²) in [6, 6.07) is 12.5. The highest BCUT2D eigenvalue weighted by molar-refractivity contribution is 7.14. The number of carbonyl (C=O) groups excluding carboxylic acids is 1. The molecule has 0 saturated carbocycles. The average molecular weight is 359 g/mol. The summed E-state index contributed by atoms with van der Waals surface area (Å²) >= 11 is 7.52. The second kappa shape index (κ2) is 6.14. The van der Waals surface area contributed by atoms with Crippen molar-refractivity contribution in [3.63, 3.8) is 0 Å². The van der Waals surface area contributed by atoms with E-state index in [0.29, 0.717) is 27.2 Å². The zero-order valence-corrected chi connectivity index (χ0v) is 13.9. The molecule has 24 heavy (non-hydrogen) atoms. The lowest BCUT2D eigenvalue weighted by Crippen LogP contribution is -2.11. The molecular formula is C17H11ClN2O3S. The molecule has 1 amide bonds. The number of benzene rings is 2. The van der Waals surface area contributed by atoms with Crippen LogP contribution in [0.5, 0.6) is 11.5 Å². The van der Waals surface area contributed by atoms with E-state index >= 15 is 0 Å². The molecule has 7 heteroatoms. The van der Waals surface area contributed by atoms with Gasteiger partial charge >= 0.3 is 0 Å². The summed E-state index contributed by atoms with van der Waals surface area (Å²) in [6.07, 6.45) is 0. The van der Waals surface area contributed by atoms with Crippen LogP contribution >= 0.6 is 22.9 Å². The maximum Gasteiger partial charge on any atom is 0.257 e. The van der Waals surface area contributed by atoms with Gasteiger partial charge in [0.1, 0.15) is 0 Å². The number of aromatic nitrogens is 1. The SMILES string of the molecule is O=C(Nc1nc(-c2ccccc2Cl)cs1)c1ccc2c(c1)OCO2. The van der Waals surface area contributed by atoms with Gasteiger partial charge in [0.05, 0.1) is 5.69 Å². The number of halogens is 1. The van der Waals surface area contributed by atoms with Gasteiger partial charge in [-0.1, -0.05) is 29.8 Å². The zero-order valence-electron chi connectivity index (χ0n) is 12.3. The summed E-state index contributed by atoms with van der Waals surface area (Å²) in [4.78, 5) is 16.8. The Labute approximate surface area is 146 Å². The van der Waals surface area contributed by atoms with E-state index in [0.717, 1.165) is 11.3 Å². The number of hydrogen-bond acceptors (Lipinski definition) is 5. The highest BCUT2D eigenvalue weighted by Gasteiger charge is 2.17. The number of rotatable bonds is 3. The number of anilines is 1. The first-order chi connectivity index (χ1) is 11.7. The maximum absolute atomic E-state index is 12.4. The molecule has 0 radical (unpaired) electrons. The molecule has 0 bridgehead atoms. The first-order valence-corrected chi connectivity index (χ1v) is 8.38. The number of thiazole rings is 1. The van der Waals surface area contributed by atoms with E-state index in [1.54, 1.807) is 24.3 Å². The quantitative estimate of drug-likeness (QED) is 0.751. The van der Waals surface area contributed by atoms with Crippen molar-refractivity contribution in [3.8, 4) is 22.8 Å². The minimum Gasteiger partial charge on any atom is -0.454 e. The topological polar surface area (TPSA) is 60.5 Å². The minimum absolute atomic E-state index is 0.175. The van der Waals surface area contributed by atoms with E-state index in [2.05, 4.69) is 10.3 Å². The summed E-state index contributed by atoms with van der Waals surface area (Å²) in [7, 11) is 0. The summed E-state index contributed by atoms with van der Waals surface area (Å²) in [5, 5.41) is 5.77. The van der Waals surface area contributed by atoms with Crippen LogP contribution in [0.2, 0.25) is 5.02 Å². The smallest absolute Gasteiger partial charge is 0.257 e. The van der Waals surface area contributed by atoms with Gasteiger partial charge in [-0.2, -0.15) is 0 Å². The van der Waals surface area contributed by atoms with Crippen molar-refractivity contribution in [2.24, 2.45) is 0 Å². The number of hydrogen-bond donors (Lipinski definition) is 1. The van der Waals surface area contributed by atoms with Crippen LogP contribution in [0.1, 0.15) is 10.4 Å². The first kappa shape index (κ1) is 15.0. The largest absolute Gasteiger partial charge is 0.454 e. The van der Waals surface area contributed by atoms with Crippen LogP contribution in [0.4, 0.5) is 5.13 Å². The number of ether oxygens (including phenoxy) is 2. The van der Waals surface area contributed by atoms with Crippen LogP contribution < -0.4 is 14.8 Å². The summed E-state index contributed by atoms with van der Waals surface area (Å²) in [5.41, 5.74) is 2.04. The Morgan fingerprint density at radius 3 is 2.88 bits per heavy atom. The van der Waals surface area contributed by atoms with E-state index < -0.39 is 0 Å². The van der Waals surface area contributed by atoms with E-state index in [1.165, 1.54) is 11.3 Å². The van der Waals surface area contributed by atoms with Crippen LogP contribution in [0.15, 0.2) is 47.8 Å². The van der Waals surface area contributed by atoms with Gasteiger partial charge in [0, 0.05) is 21.5 Å². The lowest BCUT2D eigenvalue weighted by molar-refractivity contribution is 0.102. The van der Waals surface area contributed by atoms with Gasteiger partial charge in [-0.3, -0.25) is 10.1 Å². The van der Waals surface area contributed by atoms with Crippen LogP contribution in [0.25, 0.3) is 11.3 Å². The van der Waals surface area contributed by atoms with Crippen LogP contribution in [-0.2, 0) is 0 Å². The molecule has 0 atom stereocenters.